The first kappa shape index (κ1) is 14.5. The number of aromatic nitrogens is 2. The molecule has 2 N–H and O–H groups in total. The highest BCUT2D eigenvalue weighted by Crippen LogP contribution is 2.28. The number of rotatable bonds is 4. The molecule has 0 radical (unpaired) electrons. The van der Waals surface area contributed by atoms with Crippen LogP contribution in [-0.4, -0.2) is 30.5 Å². The van der Waals surface area contributed by atoms with Gasteiger partial charge in [0, 0.05) is 40.7 Å². The van der Waals surface area contributed by atoms with Gasteiger partial charge in [-0.1, -0.05) is 0 Å². The van der Waals surface area contributed by atoms with Gasteiger partial charge in [0.15, 0.2) is 9.84 Å². The van der Waals surface area contributed by atoms with E-state index in [1.807, 2.05) is 6.07 Å². The molecule has 2 heterocycles. The summed E-state index contributed by atoms with van der Waals surface area (Å²) in [6.07, 6.45) is 4.60. The van der Waals surface area contributed by atoms with E-state index in [2.05, 4.69) is 15.3 Å². The third-order valence-electron chi connectivity index (χ3n) is 3.23. The molecule has 0 unspecified atom stereocenters. The van der Waals surface area contributed by atoms with Gasteiger partial charge < -0.3 is 10.3 Å². The predicted molar refractivity (Wildman–Crippen MR) is 84.8 cm³/mol. The molecule has 0 aliphatic rings. The molecule has 2 aromatic heterocycles. The van der Waals surface area contributed by atoms with Gasteiger partial charge in [0.1, 0.15) is 17.5 Å². The lowest BCUT2D eigenvalue weighted by molar-refractivity contribution is 0.603. The van der Waals surface area contributed by atoms with Crippen molar-refractivity contribution in [2.45, 2.75) is 0 Å². The van der Waals surface area contributed by atoms with E-state index in [1.165, 1.54) is 12.1 Å². The van der Waals surface area contributed by atoms with Crippen LogP contribution in [0, 0.1) is 5.82 Å². The van der Waals surface area contributed by atoms with Gasteiger partial charge >= 0.3 is 0 Å². The Morgan fingerprint density at radius 3 is 2.77 bits per heavy atom. The number of pyridine rings is 1. The smallest absolute Gasteiger partial charge is 0.165 e. The number of aromatic amines is 1. The van der Waals surface area contributed by atoms with E-state index >= 15 is 0 Å². The van der Waals surface area contributed by atoms with Crippen LogP contribution >= 0.6 is 0 Å². The zero-order chi connectivity index (χ0) is 15.7. The predicted octanol–water partition coefficient (Wildman–Crippen LogP) is 2.78. The van der Waals surface area contributed by atoms with Crippen molar-refractivity contribution in [3.63, 3.8) is 0 Å². The number of nitrogens with one attached hydrogen (secondary N) is 2. The van der Waals surface area contributed by atoms with Crippen molar-refractivity contribution in [1.82, 2.24) is 9.97 Å². The number of sulfone groups is 1. The summed E-state index contributed by atoms with van der Waals surface area (Å²) in [5, 5.41) is 3.65. The van der Waals surface area contributed by atoms with Crippen molar-refractivity contribution >= 4 is 26.6 Å². The van der Waals surface area contributed by atoms with E-state index in [0.717, 1.165) is 22.8 Å². The minimum atomic E-state index is -3.10. The maximum Gasteiger partial charge on any atom is 0.165 e. The zero-order valence-corrected chi connectivity index (χ0v) is 12.6. The van der Waals surface area contributed by atoms with Crippen LogP contribution in [0.2, 0.25) is 0 Å². The largest absolute Gasteiger partial charge is 0.360 e. The van der Waals surface area contributed by atoms with E-state index in [1.54, 1.807) is 24.5 Å². The number of hydrogen-bond donors (Lipinski definition) is 2. The van der Waals surface area contributed by atoms with Crippen molar-refractivity contribution in [1.29, 1.82) is 0 Å². The van der Waals surface area contributed by atoms with Gasteiger partial charge in [0.05, 0.1) is 0 Å². The molecule has 0 atom stereocenters. The van der Waals surface area contributed by atoms with E-state index in [0.29, 0.717) is 11.3 Å². The molecule has 3 aromatic rings. The normalized spacial score (nSPS) is 11.7. The summed E-state index contributed by atoms with van der Waals surface area (Å²) < 4.78 is 35.4. The van der Waals surface area contributed by atoms with Gasteiger partial charge in [0.2, 0.25) is 0 Å². The lowest BCUT2D eigenvalue weighted by Gasteiger charge is -2.05. The van der Waals surface area contributed by atoms with Gasteiger partial charge in [0.25, 0.3) is 0 Å². The molecule has 0 fully saturated rings. The van der Waals surface area contributed by atoms with Gasteiger partial charge in [-0.15, -0.1) is 0 Å². The van der Waals surface area contributed by atoms with Gasteiger partial charge in [-0.3, -0.25) is 0 Å². The summed E-state index contributed by atoms with van der Waals surface area (Å²) in [4.78, 5) is 7.22. The Morgan fingerprint density at radius 1 is 1.27 bits per heavy atom. The summed E-state index contributed by atoms with van der Waals surface area (Å²) in [6.45, 7) is 0. The molecular formula is C15H14FN3O2S. The number of halogens is 1. The molecule has 7 heteroatoms. The monoisotopic (exact) mass is 319 g/mol. The molecule has 0 amide bonds. The summed E-state index contributed by atoms with van der Waals surface area (Å²) in [7, 11) is -3.10. The van der Waals surface area contributed by atoms with Crippen LogP contribution in [0.1, 0.15) is 0 Å². The molecule has 0 saturated carbocycles. The Balaban J connectivity index is 1.88. The summed E-state index contributed by atoms with van der Waals surface area (Å²) in [5.74, 6) is 0.0329. The quantitative estimate of drug-likeness (QED) is 0.775. The second kappa shape index (κ2) is 5.42. The molecule has 22 heavy (non-hydrogen) atoms. The number of hydrogen-bond acceptors (Lipinski definition) is 4. The zero-order valence-electron chi connectivity index (χ0n) is 11.8. The molecule has 3 rings (SSSR count). The van der Waals surface area contributed by atoms with Crippen molar-refractivity contribution in [2.24, 2.45) is 0 Å². The highest BCUT2D eigenvalue weighted by atomic mass is 32.2. The number of H-pyrrole nitrogens is 1. The molecule has 0 aliphatic carbocycles. The first-order chi connectivity index (χ1) is 10.4. The van der Waals surface area contributed by atoms with E-state index in [9.17, 15) is 12.8 Å². The Hall–Kier alpha value is -2.41. The van der Waals surface area contributed by atoms with E-state index in [-0.39, 0.29) is 11.7 Å². The Labute approximate surface area is 127 Å². The molecule has 0 bridgehead atoms. The van der Waals surface area contributed by atoms with Crippen LogP contribution in [0.3, 0.4) is 0 Å². The van der Waals surface area contributed by atoms with Crippen LogP contribution < -0.4 is 5.32 Å². The third-order valence-corrected chi connectivity index (χ3v) is 3.90. The van der Waals surface area contributed by atoms with Crippen LogP contribution in [-0.2, 0) is 9.84 Å². The van der Waals surface area contributed by atoms with Crippen molar-refractivity contribution < 1.29 is 12.8 Å². The number of anilines is 1. The fourth-order valence-electron chi connectivity index (χ4n) is 2.20. The molecule has 1 aromatic carbocycles. The number of benzene rings is 1. The maximum absolute atomic E-state index is 13.2. The van der Waals surface area contributed by atoms with Crippen molar-refractivity contribution in [3.8, 4) is 11.1 Å². The Bertz CT molecular complexity index is 918. The number of fused-ring (bicyclic) bond motifs is 1. The summed E-state index contributed by atoms with van der Waals surface area (Å²) in [5.41, 5.74) is 2.49. The number of nitrogens with zero attached hydrogens (tertiary/aromatic N) is 1. The van der Waals surface area contributed by atoms with Crippen LogP contribution in [0.4, 0.5) is 10.2 Å². The van der Waals surface area contributed by atoms with Crippen LogP contribution in [0.5, 0.6) is 0 Å². The average molecular weight is 319 g/mol. The summed E-state index contributed by atoms with van der Waals surface area (Å²) >= 11 is 0. The van der Waals surface area contributed by atoms with Crippen LogP contribution in [0.15, 0.2) is 42.7 Å². The SMILES string of the molecule is CS(=O)(=O)CNc1ccc(-c2c[nH]c3cc(F)ccc23)cn1. The van der Waals surface area contributed by atoms with Crippen molar-refractivity contribution in [3.05, 3.63) is 48.5 Å². The second-order valence-corrected chi connectivity index (χ2v) is 7.21. The molecular weight excluding hydrogens is 305 g/mol. The fraction of sp³-hybridized carbons (Fsp3) is 0.133. The first-order valence-electron chi connectivity index (χ1n) is 6.57. The Kier molecular flexibility index (Phi) is 3.58. The standard InChI is InChI=1S/C15H14FN3O2S/c1-22(20,21)9-19-15-5-2-10(7-18-15)13-8-17-14-6-11(16)3-4-12(13)14/h2-8,17H,9H2,1H3,(H,18,19). The second-order valence-electron chi connectivity index (χ2n) is 5.07. The minimum absolute atomic E-state index is 0.161. The third kappa shape index (κ3) is 3.09. The summed E-state index contributed by atoms with van der Waals surface area (Å²) in [6, 6.07) is 8.11. The van der Waals surface area contributed by atoms with Gasteiger partial charge in [-0.25, -0.2) is 17.8 Å². The van der Waals surface area contributed by atoms with Gasteiger partial charge in [-0.2, -0.15) is 0 Å². The maximum atomic E-state index is 13.2. The van der Waals surface area contributed by atoms with Crippen LogP contribution in [0.25, 0.3) is 22.0 Å². The molecule has 0 spiro atoms. The molecule has 0 saturated heterocycles. The molecule has 114 valence electrons. The minimum Gasteiger partial charge on any atom is -0.360 e. The topological polar surface area (TPSA) is 74.8 Å². The Morgan fingerprint density at radius 2 is 2.09 bits per heavy atom. The lowest BCUT2D eigenvalue weighted by atomic mass is 10.1. The van der Waals surface area contributed by atoms with Crippen molar-refractivity contribution in [2.75, 3.05) is 17.4 Å². The fourth-order valence-corrected chi connectivity index (χ4v) is 2.61. The first-order valence-corrected chi connectivity index (χ1v) is 8.63. The average Bonchev–Trinajstić information content (AvgIpc) is 2.88. The van der Waals surface area contributed by atoms with Gasteiger partial charge in [-0.05, 0) is 30.3 Å². The van der Waals surface area contributed by atoms with E-state index < -0.39 is 9.84 Å². The highest BCUT2D eigenvalue weighted by molar-refractivity contribution is 7.90. The molecule has 5 nitrogen and oxygen atoms in total. The molecule has 0 aliphatic heterocycles. The lowest BCUT2D eigenvalue weighted by Crippen LogP contribution is -2.13. The van der Waals surface area contributed by atoms with E-state index in [4.69, 9.17) is 0 Å². The highest BCUT2D eigenvalue weighted by Gasteiger charge is 2.08.